The van der Waals surface area contributed by atoms with E-state index in [1.807, 2.05) is 57.5 Å². The molecule has 290 valence electrons. The summed E-state index contributed by atoms with van der Waals surface area (Å²) in [6, 6.07) is 6.08. The molecule has 4 amide bonds. The molecule has 2 aromatic rings. The molecule has 1 aromatic heterocycles. The van der Waals surface area contributed by atoms with Crippen LogP contribution in [0.4, 0.5) is 0 Å². The number of rotatable bonds is 24. The first kappa shape index (κ1) is 42.9. The van der Waals surface area contributed by atoms with Crippen molar-refractivity contribution < 1.29 is 48.0 Å². The van der Waals surface area contributed by atoms with Crippen molar-refractivity contribution in [1.82, 2.24) is 20.5 Å². The maximum absolute atomic E-state index is 13.8. The molecule has 1 aliphatic rings. The fourth-order valence-electron chi connectivity index (χ4n) is 5.33. The first-order valence-corrected chi connectivity index (χ1v) is 18.5. The van der Waals surface area contributed by atoms with Gasteiger partial charge in [0.1, 0.15) is 12.1 Å². The predicted octanol–water partition coefficient (Wildman–Crippen LogP) is 1.58. The summed E-state index contributed by atoms with van der Waals surface area (Å²) in [7, 11) is 0. The van der Waals surface area contributed by atoms with Crippen molar-refractivity contribution in [1.29, 1.82) is 0 Å². The highest BCUT2D eigenvalue weighted by molar-refractivity contribution is 7.13. The highest BCUT2D eigenvalue weighted by Crippen LogP contribution is 2.28. The molecule has 3 atom stereocenters. The minimum atomic E-state index is -0.918. The number of nitrogens with one attached hydrogen (secondary N) is 2. The largest absolute Gasteiger partial charge is 0.391 e. The Morgan fingerprint density at radius 3 is 1.94 bits per heavy atom. The molecule has 1 saturated heterocycles. The molecule has 52 heavy (non-hydrogen) atoms. The summed E-state index contributed by atoms with van der Waals surface area (Å²) in [6.45, 7) is 11.1. The Bertz CT molecular complexity index is 1400. The quantitative estimate of drug-likeness (QED) is 0.114. The molecule has 0 aliphatic carbocycles. The summed E-state index contributed by atoms with van der Waals surface area (Å²) in [5.41, 5.74) is 9.10. The zero-order valence-electron chi connectivity index (χ0n) is 30.7. The number of likely N-dealkylation sites (tertiary alicyclic amines) is 1. The number of nitrogens with zero attached hydrogens (tertiary/aromatic N) is 2. The lowest BCUT2D eigenvalue weighted by atomic mass is 9.85. The zero-order chi connectivity index (χ0) is 37.9. The van der Waals surface area contributed by atoms with Gasteiger partial charge in [0.2, 0.25) is 23.6 Å². The van der Waals surface area contributed by atoms with Crippen molar-refractivity contribution in [3.8, 4) is 10.4 Å². The van der Waals surface area contributed by atoms with Gasteiger partial charge in [-0.2, -0.15) is 0 Å². The molecule has 5 N–H and O–H groups in total. The Hall–Kier alpha value is -3.51. The summed E-state index contributed by atoms with van der Waals surface area (Å²) < 4.78 is 27.0. The van der Waals surface area contributed by atoms with Gasteiger partial charge in [0, 0.05) is 32.4 Å². The van der Waals surface area contributed by atoms with E-state index in [9.17, 15) is 24.3 Å². The van der Waals surface area contributed by atoms with Gasteiger partial charge in [0.25, 0.3) is 0 Å². The number of carbonyl (C=O) groups is 4. The minimum Gasteiger partial charge on any atom is -0.391 e. The lowest BCUT2D eigenvalue weighted by molar-refractivity contribution is -0.144. The number of nitrogens with two attached hydrogens (primary N) is 1. The number of aliphatic hydroxyl groups is 1. The number of thiazole rings is 1. The fourth-order valence-corrected chi connectivity index (χ4v) is 6.14. The predicted molar refractivity (Wildman–Crippen MR) is 194 cm³/mol. The van der Waals surface area contributed by atoms with Crippen LogP contribution in [0.2, 0.25) is 0 Å². The lowest BCUT2D eigenvalue weighted by Crippen LogP contribution is -2.57. The van der Waals surface area contributed by atoms with E-state index in [-0.39, 0.29) is 64.0 Å². The van der Waals surface area contributed by atoms with Crippen LogP contribution in [-0.4, -0.2) is 129 Å². The third kappa shape index (κ3) is 15.2. The van der Waals surface area contributed by atoms with Gasteiger partial charge in [0.05, 0.1) is 88.3 Å². The smallest absolute Gasteiger partial charge is 0.246 e. The SMILES string of the molecule is Cc1ncsc1-c1ccc(CNC(=O)[C@@H]2C[C@@H](O)CN2C(=O)[C@@H](NC(=O)CCOCCOCCOCCOCCOCCC(N)=O)C(C)(C)C)cc1. The number of hydrogen-bond donors (Lipinski definition) is 4. The van der Waals surface area contributed by atoms with Gasteiger partial charge in [-0.1, -0.05) is 45.0 Å². The Morgan fingerprint density at radius 1 is 0.904 bits per heavy atom. The summed E-state index contributed by atoms with van der Waals surface area (Å²) in [6.07, 6.45) is -0.521. The number of aromatic nitrogens is 1. The van der Waals surface area contributed by atoms with E-state index in [1.165, 1.54) is 4.90 Å². The summed E-state index contributed by atoms with van der Waals surface area (Å²) in [5, 5.41) is 16.2. The van der Waals surface area contributed by atoms with Crippen LogP contribution >= 0.6 is 11.3 Å². The van der Waals surface area contributed by atoms with E-state index < -0.39 is 35.4 Å². The Kier molecular flexibility index (Phi) is 18.6. The summed E-state index contributed by atoms with van der Waals surface area (Å²) in [5.74, 6) is -1.54. The number of primary amides is 1. The molecule has 0 unspecified atom stereocenters. The van der Waals surface area contributed by atoms with Crippen LogP contribution < -0.4 is 16.4 Å². The fraction of sp³-hybridized carbons (Fsp3) is 0.639. The van der Waals surface area contributed by atoms with Gasteiger partial charge in [-0.15, -0.1) is 11.3 Å². The summed E-state index contributed by atoms with van der Waals surface area (Å²) >= 11 is 1.57. The van der Waals surface area contributed by atoms with Gasteiger partial charge < -0.3 is 50.1 Å². The number of hydrogen-bond acceptors (Lipinski definition) is 12. The molecule has 0 saturated carbocycles. The van der Waals surface area contributed by atoms with Crippen LogP contribution in [0.5, 0.6) is 0 Å². The molecular weight excluding hydrogens is 694 g/mol. The maximum Gasteiger partial charge on any atom is 0.246 e. The molecule has 3 rings (SSSR count). The summed E-state index contributed by atoms with van der Waals surface area (Å²) in [4.78, 5) is 57.4. The van der Waals surface area contributed by atoms with E-state index in [4.69, 9.17) is 29.4 Å². The van der Waals surface area contributed by atoms with Crippen molar-refractivity contribution in [2.45, 2.75) is 71.7 Å². The second kappa shape index (κ2) is 22.5. The van der Waals surface area contributed by atoms with E-state index in [0.717, 1.165) is 21.7 Å². The second-order valence-corrected chi connectivity index (χ2v) is 14.3. The first-order valence-electron chi connectivity index (χ1n) is 17.6. The number of carbonyl (C=O) groups excluding carboxylic acids is 4. The Morgan fingerprint density at radius 2 is 1.44 bits per heavy atom. The number of benzene rings is 1. The highest BCUT2D eigenvalue weighted by atomic mass is 32.1. The number of aryl methyl sites for hydroxylation is 1. The first-order chi connectivity index (χ1) is 24.9. The zero-order valence-corrected chi connectivity index (χ0v) is 31.5. The third-order valence-corrected chi connectivity index (χ3v) is 9.14. The topological polar surface area (TPSA) is 201 Å². The highest BCUT2D eigenvalue weighted by Gasteiger charge is 2.44. The van der Waals surface area contributed by atoms with Gasteiger partial charge in [-0.25, -0.2) is 4.98 Å². The molecule has 0 radical (unpaired) electrons. The van der Waals surface area contributed by atoms with Gasteiger partial charge in [-0.05, 0) is 23.5 Å². The monoisotopic (exact) mass is 749 g/mol. The molecular formula is C36H55N5O10S. The third-order valence-electron chi connectivity index (χ3n) is 8.17. The van der Waals surface area contributed by atoms with Crippen molar-refractivity contribution in [3.63, 3.8) is 0 Å². The van der Waals surface area contributed by atoms with Gasteiger partial charge >= 0.3 is 0 Å². The van der Waals surface area contributed by atoms with Crippen LogP contribution in [0.3, 0.4) is 0 Å². The van der Waals surface area contributed by atoms with Crippen molar-refractivity contribution in [3.05, 3.63) is 41.0 Å². The average molecular weight is 750 g/mol. The van der Waals surface area contributed by atoms with E-state index >= 15 is 0 Å². The van der Waals surface area contributed by atoms with Crippen LogP contribution in [0, 0.1) is 12.3 Å². The maximum atomic E-state index is 13.8. The molecule has 16 heteroatoms. The minimum absolute atomic E-state index is 0.000428. The molecule has 1 aliphatic heterocycles. The normalized spacial score (nSPS) is 16.5. The molecule has 0 spiro atoms. The Labute approximate surface area is 309 Å². The van der Waals surface area contributed by atoms with Gasteiger partial charge in [0.15, 0.2) is 0 Å². The standard InChI is InChI=1S/C36H55N5O10S/c1-25-32(52-24-39-25)27-7-5-26(6-8-27)22-38-34(45)29-21-28(42)23-41(29)35(46)33(36(2,3)4)40-31(44)10-12-48-14-16-50-18-20-51-19-17-49-15-13-47-11-9-30(37)43/h5-8,24,28-29,33,42H,9-23H2,1-4H3,(H2,37,43)(H,38,45)(H,40,44)/t28-,29+,33-/m1/s1. The van der Waals surface area contributed by atoms with Crippen LogP contribution in [0.25, 0.3) is 10.4 Å². The van der Waals surface area contributed by atoms with Crippen molar-refractivity contribution >= 4 is 35.0 Å². The van der Waals surface area contributed by atoms with Crippen molar-refractivity contribution in [2.24, 2.45) is 11.1 Å². The van der Waals surface area contributed by atoms with Crippen molar-refractivity contribution in [2.75, 3.05) is 72.6 Å². The number of ether oxygens (including phenoxy) is 5. The molecule has 1 aromatic carbocycles. The molecule has 15 nitrogen and oxygen atoms in total. The number of β-amino-alcohol motifs (C(OH)–C–C–N with tert-alkyl or cyclic N) is 1. The molecule has 2 heterocycles. The van der Waals surface area contributed by atoms with E-state index in [0.29, 0.717) is 46.2 Å². The van der Waals surface area contributed by atoms with Crippen LogP contribution in [-0.2, 0) is 49.4 Å². The number of aliphatic hydroxyl groups excluding tert-OH is 1. The second-order valence-electron chi connectivity index (χ2n) is 13.5. The lowest BCUT2D eigenvalue weighted by Gasteiger charge is -2.35. The Balaban J connectivity index is 1.32. The number of amides is 4. The average Bonchev–Trinajstić information content (AvgIpc) is 3.72. The van der Waals surface area contributed by atoms with Crippen LogP contribution in [0.1, 0.15) is 51.3 Å². The van der Waals surface area contributed by atoms with E-state index in [2.05, 4.69) is 15.6 Å². The van der Waals surface area contributed by atoms with E-state index in [1.54, 1.807) is 11.3 Å². The molecule has 0 bridgehead atoms. The molecule has 1 fully saturated rings. The van der Waals surface area contributed by atoms with Crippen LogP contribution in [0.15, 0.2) is 29.8 Å². The van der Waals surface area contributed by atoms with Gasteiger partial charge in [-0.3, -0.25) is 19.2 Å².